The number of hydrogen-bond donors (Lipinski definition) is 2. The lowest BCUT2D eigenvalue weighted by Gasteiger charge is -2.02. The second-order valence-corrected chi connectivity index (χ2v) is 6.65. The summed E-state index contributed by atoms with van der Waals surface area (Å²) < 4.78 is 37.4. The highest BCUT2D eigenvalue weighted by Gasteiger charge is 2.02. The van der Waals surface area contributed by atoms with Crippen LogP contribution in [-0.2, 0) is 24.1 Å². The van der Waals surface area contributed by atoms with Gasteiger partial charge in [0, 0.05) is 13.5 Å². The predicted octanol–water partition coefficient (Wildman–Crippen LogP) is 3.23. The van der Waals surface area contributed by atoms with Crippen molar-refractivity contribution in [3.8, 4) is 0 Å². The molecule has 0 bridgehead atoms. The van der Waals surface area contributed by atoms with E-state index in [2.05, 4.69) is 15.8 Å². The van der Waals surface area contributed by atoms with Crippen LogP contribution in [-0.4, -0.2) is 38.7 Å². The molecular formula is C16H35NO6S. The first-order valence-corrected chi connectivity index (χ1v) is 10.1. The largest absolute Gasteiger partial charge is 0.465 e. The van der Waals surface area contributed by atoms with Crippen molar-refractivity contribution in [3.05, 3.63) is 0 Å². The molecule has 0 fully saturated rings. The minimum absolute atomic E-state index is 0.0926. The molecule has 146 valence electrons. The van der Waals surface area contributed by atoms with E-state index in [1.54, 1.807) is 0 Å². The van der Waals surface area contributed by atoms with Crippen molar-refractivity contribution in [3.63, 3.8) is 0 Å². The fraction of sp³-hybridized carbons (Fsp3) is 0.938. The van der Waals surface area contributed by atoms with E-state index >= 15 is 0 Å². The Balaban J connectivity index is 0. The standard InChI is InChI=1S/C12H26O4S.C4H9NO2/c1-2-3-4-5-6-7-8-9-10-11-12-16-17(13,14)15;1-4(6)7-3-2-5/h2-12H2,1H3,(H,13,14,15);2-3,5H2,1H3. The maximum atomic E-state index is 10.2. The molecule has 0 aliphatic carbocycles. The molecule has 0 rings (SSSR count). The van der Waals surface area contributed by atoms with Gasteiger partial charge in [-0.3, -0.25) is 9.35 Å². The van der Waals surface area contributed by atoms with Crippen LogP contribution in [0, 0.1) is 0 Å². The maximum Gasteiger partial charge on any atom is 0.397 e. The van der Waals surface area contributed by atoms with Crippen molar-refractivity contribution < 1.29 is 26.7 Å². The van der Waals surface area contributed by atoms with E-state index in [4.69, 9.17) is 10.3 Å². The van der Waals surface area contributed by atoms with Crippen molar-refractivity contribution in [2.75, 3.05) is 19.8 Å². The van der Waals surface area contributed by atoms with Gasteiger partial charge in [-0.2, -0.15) is 8.42 Å². The number of hydrogen-bond acceptors (Lipinski definition) is 6. The highest BCUT2D eigenvalue weighted by molar-refractivity contribution is 7.80. The first-order valence-electron chi connectivity index (χ1n) is 8.78. The minimum atomic E-state index is -4.23. The number of carbonyl (C=O) groups is 1. The van der Waals surface area contributed by atoms with Crippen LogP contribution in [0.15, 0.2) is 0 Å². The summed E-state index contributed by atoms with van der Waals surface area (Å²) in [5.74, 6) is -0.273. The Kier molecular flexibility index (Phi) is 19.8. The van der Waals surface area contributed by atoms with Crippen molar-refractivity contribution >= 4 is 16.4 Å². The molecule has 24 heavy (non-hydrogen) atoms. The van der Waals surface area contributed by atoms with Crippen molar-refractivity contribution in [1.29, 1.82) is 0 Å². The Morgan fingerprint density at radius 3 is 1.71 bits per heavy atom. The Bertz CT molecular complexity index is 373. The molecule has 0 aromatic carbocycles. The fourth-order valence-corrected chi connectivity index (χ4v) is 2.28. The lowest BCUT2D eigenvalue weighted by Crippen LogP contribution is -2.10. The van der Waals surface area contributed by atoms with Gasteiger partial charge in [-0.25, -0.2) is 4.18 Å². The summed E-state index contributed by atoms with van der Waals surface area (Å²) in [6.07, 6.45) is 11.9. The monoisotopic (exact) mass is 369 g/mol. The van der Waals surface area contributed by atoms with Crippen LogP contribution in [0.4, 0.5) is 0 Å². The Morgan fingerprint density at radius 2 is 1.38 bits per heavy atom. The number of rotatable bonds is 14. The lowest BCUT2D eigenvalue weighted by atomic mass is 10.1. The quantitative estimate of drug-likeness (QED) is 0.274. The van der Waals surface area contributed by atoms with Gasteiger partial charge in [-0.15, -0.1) is 0 Å². The van der Waals surface area contributed by atoms with Crippen LogP contribution in [0.5, 0.6) is 0 Å². The third-order valence-electron chi connectivity index (χ3n) is 3.15. The van der Waals surface area contributed by atoms with Crippen LogP contribution >= 0.6 is 0 Å². The first-order chi connectivity index (χ1) is 11.3. The maximum absolute atomic E-state index is 10.2. The Labute approximate surface area is 147 Å². The van der Waals surface area contributed by atoms with Gasteiger partial charge in [0.1, 0.15) is 6.61 Å². The number of esters is 1. The van der Waals surface area contributed by atoms with Gasteiger partial charge < -0.3 is 10.5 Å². The van der Waals surface area contributed by atoms with Gasteiger partial charge in [0.05, 0.1) is 6.61 Å². The first kappa shape index (κ1) is 25.5. The molecule has 0 heterocycles. The van der Waals surface area contributed by atoms with Crippen molar-refractivity contribution in [1.82, 2.24) is 0 Å². The topological polar surface area (TPSA) is 116 Å². The van der Waals surface area contributed by atoms with E-state index in [1.165, 1.54) is 51.9 Å². The summed E-state index contributed by atoms with van der Waals surface area (Å²) in [7, 11) is -4.23. The lowest BCUT2D eigenvalue weighted by molar-refractivity contribution is -0.140. The summed E-state index contributed by atoms with van der Waals surface area (Å²) in [4.78, 5) is 9.92. The zero-order valence-corrected chi connectivity index (χ0v) is 16.0. The molecule has 7 nitrogen and oxygen atoms in total. The van der Waals surface area contributed by atoms with Gasteiger partial charge in [0.25, 0.3) is 0 Å². The van der Waals surface area contributed by atoms with Gasteiger partial charge in [0.2, 0.25) is 0 Å². The molecule has 0 saturated carbocycles. The predicted molar refractivity (Wildman–Crippen MR) is 95.0 cm³/mol. The van der Waals surface area contributed by atoms with Crippen LogP contribution in [0.25, 0.3) is 0 Å². The van der Waals surface area contributed by atoms with E-state index in [1.807, 2.05) is 0 Å². The Morgan fingerprint density at radius 1 is 0.917 bits per heavy atom. The van der Waals surface area contributed by atoms with Gasteiger partial charge in [-0.1, -0.05) is 64.7 Å². The molecule has 0 aromatic heterocycles. The second-order valence-electron chi connectivity index (χ2n) is 5.56. The van der Waals surface area contributed by atoms with Gasteiger partial charge in [-0.05, 0) is 6.42 Å². The van der Waals surface area contributed by atoms with Crippen LogP contribution in [0.1, 0.15) is 78.1 Å². The summed E-state index contributed by atoms with van der Waals surface area (Å²) in [5.41, 5.74) is 5.00. The SMILES string of the molecule is CC(=O)OCCN.CCCCCCCCCCCCOS(=O)(=O)O. The molecule has 0 saturated heterocycles. The number of nitrogens with two attached hydrogens (primary N) is 1. The summed E-state index contributed by atoms with van der Waals surface area (Å²) >= 11 is 0. The van der Waals surface area contributed by atoms with Crippen molar-refractivity contribution in [2.24, 2.45) is 5.73 Å². The van der Waals surface area contributed by atoms with Crippen LogP contribution in [0.3, 0.4) is 0 Å². The van der Waals surface area contributed by atoms with Crippen LogP contribution in [0.2, 0.25) is 0 Å². The van der Waals surface area contributed by atoms with E-state index in [0.717, 1.165) is 12.8 Å². The normalized spacial score (nSPS) is 10.8. The zero-order chi connectivity index (χ0) is 18.7. The molecule has 0 atom stereocenters. The average Bonchev–Trinajstić information content (AvgIpc) is 2.50. The molecular weight excluding hydrogens is 334 g/mol. The van der Waals surface area contributed by atoms with E-state index in [9.17, 15) is 13.2 Å². The number of ether oxygens (including phenoxy) is 1. The molecule has 0 spiro atoms. The van der Waals surface area contributed by atoms with Crippen LogP contribution < -0.4 is 5.73 Å². The zero-order valence-electron chi connectivity index (χ0n) is 15.2. The molecule has 0 aliphatic heterocycles. The molecule has 0 unspecified atom stereocenters. The average molecular weight is 370 g/mol. The molecule has 0 amide bonds. The van der Waals surface area contributed by atoms with Crippen molar-refractivity contribution in [2.45, 2.75) is 78.1 Å². The van der Waals surface area contributed by atoms with E-state index < -0.39 is 10.4 Å². The van der Waals surface area contributed by atoms with Gasteiger partial charge >= 0.3 is 16.4 Å². The fourth-order valence-electron chi connectivity index (χ4n) is 1.96. The number of carbonyl (C=O) groups excluding carboxylic acids is 1. The third kappa shape index (κ3) is 29.3. The molecule has 8 heteroatoms. The summed E-state index contributed by atoms with van der Waals surface area (Å²) in [5, 5.41) is 0. The second kappa shape index (κ2) is 18.6. The highest BCUT2D eigenvalue weighted by atomic mass is 32.3. The Hall–Kier alpha value is -0.700. The minimum Gasteiger partial charge on any atom is -0.465 e. The molecule has 0 radical (unpaired) electrons. The molecule has 3 N–H and O–H groups in total. The summed E-state index contributed by atoms with van der Waals surface area (Å²) in [6.45, 7) is 4.40. The van der Waals surface area contributed by atoms with E-state index in [-0.39, 0.29) is 12.6 Å². The highest BCUT2D eigenvalue weighted by Crippen LogP contribution is 2.10. The number of unbranched alkanes of at least 4 members (excludes halogenated alkanes) is 9. The molecule has 0 aliphatic rings. The third-order valence-corrected chi connectivity index (χ3v) is 3.62. The van der Waals surface area contributed by atoms with E-state index in [0.29, 0.717) is 19.6 Å². The van der Waals surface area contributed by atoms with Gasteiger partial charge in [0.15, 0.2) is 0 Å². The molecule has 0 aromatic rings. The smallest absolute Gasteiger partial charge is 0.397 e. The summed E-state index contributed by atoms with van der Waals surface area (Å²) in [6, 6.07) is 0.